The van der Waals surface area contributed by atoms with Crippen molar-refractivity contribution in [3.63, 3.8) is 0 Å². The Labute approximate surface area is 73.2 Å². The number of nitrogens with zero attached hydrogens (tertiary/aromatic N) is 2. The van der Waals surface area contributed by atoms with E-state index in [2.05, 4.69) is 4.85 Å². The summed E-state index contributed by atoms with van der Waals surface area (Å²) < 4.78 is 0. The maximum absolute atomic E-state index is 10.9. The van der Waals surface area contributed by atoms with Crippen molar-refractivity contribution in [3.8, 4) is 0 Å². The molecule has 1 amide bonds. The average molecular weight is 166 g/mol. The van der Waals surface area contributed by atoms with Gasteiger partial charge in [0.05, 0.1) is 0 Å². The van der Waals surface area contributed by atoms with Gasteiger partial charge in [-0.1, -0.05) is 0 Å². The largest absolute Gasteiger partial charge is 0.342 e. The standard InChI is InChI=1S/C9H14N2O/c1-8(12)11-6-4-9(2,10-3)5-7-11/h4-7H2,1-2H3. The van der Waals surface area contributed by atoms with E-state index in [9.17, 15) is 4.79 Å². The summed E-state index contributed by atoms with van der Waals surface area (Å²) in [7, 11) is 0. The van der Waals surface area contributed by atoms with Gasteiger partial charge in [-0.2, -0.15) is 0 Å². The first-order valence-electron chi connectivity index (χ1n) is 4.21. The van der Waals surface area contributed by atoms with Gasteiger partial charge in [0, 0.05) is 39.8 Å². The van der Waals surface area contributed by atoms with Crippen molar-refractivity contribution in [2.24, 2.45) is 0 Å². The molecule has 1 saturated heterocycles. The van der Waals surface area contributed by atoms with Crippen molar-refractivity contribution < 1.29 is 4.79 Å². The highest BCUT2D eigenvalue weighted by atomic mass is 16.2. The van der Waals surface area contributed by atoms with Crippen LogP contribution in [0.1, 0.15) is 26.7 Å². The van der Waals surface area contributed by atoms with Crippen LogP contribution in [0.4, 0.5) is 0 Å². The van der Waals surface area contributed by atoms with E-state index in [0.717, 1.165) is 25.9 Å². The number of hydrogen-bond donors (Lipinski definition) is 0. The van der Waals surface area contributed by atoms with E-state index in [-0.39, 0.29) is 11.4 Å². The summed E-state index contributed by atoms with van der Waals surface area (Å²) in [4.78, 5) is 16.3. The first-order chi connectivity index (χ1) is 5.57. The number of rotatable bonds is 0. The number of piperidine rings is 1. The smallest absolute Gasteiger partial charge is 0.233 e. The van der Waals surface area contributed by atoms with Gasteiger partial charge in [-0.25, -0.2) is 6.57 Å². The summed E-state index contributed by atoms with van der Waals surface area (Å²) in [6.07, 6.45) is 1.63. The fourth-order valence-corrected chi connectivity index (χ4v) is 1.42. The van der Waals surface area contributed by atoms with Crippen molar-refractivity contribution >= 4 is 5.91 Å². The van der Waals surface area contributed by atoms with Crippen LogP contribution in [-0.4, -0.2) is 29.4 Å². The molecule has 0 aromatic carbocycles. The number of hydrogen-bond acceptors (Lipinski definition) is 1. The van der Waals surface area contributed by atoms with E-state index >= 15 is 0 Å². The van der Waals surface area contributed by atoms with Crippen LogP contribution < -0.4 is 0 Å². The second-order valence-electron chi connectivity index (χ2n) is 3.61. The van der Waals surface area contributed by atoms with E-state index < -0.39 is 0 Å². The molecule has 0 spiro atoms. The van der Waals surface area contributed by atoms with Crippen molar-refractivity contribution in [3.05, 3.63) is 11.4 Å². The average Bonchev–Trinajstić information content (AvgIpc) is 2.05. The third-order valence-corrected chi connectivity index (χ3v) is 2.56. The minimum Gasteiger partial charge on any atom is -0.342 e. The molecule has 0 radical (unpaired) electrons. The zero-order chi connectivity index (χ0) is 9.19. The summed E-state index contributed by atoms with van der Waals surface area (Å²) in [6, 6.07) is 0. The lowest BCUT2D eigenvalue weighted by Gasteiger charge is -2.31. The van der Waals surface area contributed by atoms with Crippen LogP contribution in [0.2, 0.25) is 0 Å². The fourth-order valence-electron chi connectivity index (χ4n) is 1.42. The molecule has 0 aromatic rings. The Morgan fingerprint density at radius 3 is 2.33 bits per heavy atom. The van der Waals surface area contributed by atoms with Crippen LogP contribution >= 0.6 is 0 Å². The Bertz CT molecular complexity index is 221. The summed E-state index contributed by atoms with van der Waals surface area (Å²) in [5.41, 5.74) is -0.216. The highest BCUT2D eigenvalue weighted by Gasteiger charge is 2.35. The minimum absolute atomic E-state index is 0.127. The molecule has 0 bridgehead atoms. The normalized spacial score (nSPS) is 21.6. The van der Waals surface area contributed by atoms with Gasteiger partial charge < -0.3 is 9.74 Å². The van der Waals surface area contributed by atoms with Crippen molar-refractivity contribution in [1.29, 1.82) is 0 Å². The summed E-state index contributed by atoms with van der Waals surface area (Å²) in [6.45, 7) is 12.0. The maximum atomic E-state index is 10.9. The number of likely N-dealkylation sites (tertiary alicyclic amines) is 1. The molecule has 0 unspecified atom stereocenters. The molecule has 0 aliphatic carbocycles. The van der Waals surface area contributed by atoms with Crippen LogP contribution in [-0.2, 0) is 4.79 Å². The molecule has 3 heteroatoms. The Balaban J connectivity index is 2.51. The first kappa shape index (κ1) is 9.05. The first-order valence-corrected chi connectivity index (χ1v) is 4.21. The Hall–Kier alpha value is -1.04. The summed E-state index contributed by atoms with van der Waals surface area (Å²) in [5.74, 6) is 0.127. The molecule has 1 fully saturated rings. The van der Waals surface area contributed by atoms with Crippen LogP contribution in [0.15, 0.2) is 0 Å². The third kappa shape index (κ3) is 1.76. The van der Waals surface area contributed by atoms with Gasteiger partial charge in [0.2, 0.25) is 11.4 Å². The van der Waals surface area contributed by atoms with E-state index in [1.807, 2.05) is 11.8 Å². The van der Waals surface area contributed by atoms with Crippen LogP contribution in [0.3, 0.4) is 0 Å². The molecule has 12 heavy (non-hydrogen) atoms. The Morgan fingerprint density at radius 1 is 1.50 bits per heavy atom. The minimum atomic E-state index is -0.216. The van der Waals surface area contributed by atoms with Gasteiger partial charge in [-0.15, -0.1) is 0 Å². The SMILES string of the molecule is [C-]#[N+]C1(C)CCN(C(C)=O)CC1. The van der Waals surface area contributed by atoms with Crippen LogP contribution in [0.5, 0.6) is 0 Å². The Kier molecular flexibility index (Phi) is 2.37. The Morgan fingerprint density at radius 2 is 2.00 bits per heavy atom. The predicted molar refractivity (Wildman–Crippen MR) is 46.5 cm³/mol. The van der Waals surface area contributed by atoms with Crippen molar-refractivity contribution in [1.82, 2.24) is 4.90 Å². The molecule has 0 N–H and O–H groups in total. The third-order valence-electron chi connectivity index (χ3n) is 2.56. The zero-order valence-corrected chi connectivity index (χ0v) is 7.63. The highest BCUT2D eigenvalue weighted by molar-refractivity contribution is 5.73. The molecule has 1 rings (SSSR count). The molecule has 1 heterocycles. The van der Waals surface area contributed by atoms with Gasteiger partial charge in [-0.3, -0.25) is 4.79 Å². The molecule has 66 valence electrons. The van der Waals surface area contributed by atoms with E-state index in [1.165, 1.54) is 0 Å². The molecule has 0 atom stereocenters. The van der Waals surface area contributed by atoms with E-state index in [4.69, 9.17) is 6.57 Å². The lowest BCUT2D eigenvalue weighted by atomic mass is 9.91. The maximum Gasteiger partial charge on any atom is 0.233 e. The fraction of sp³-hybridized carbons (Fsp3) is 0.778. The van der Waals surface area contributed by atoms with Gasteiger partial charge in [0.25, 0.3) is 0 Å². The molecule has 0 aromatic heterocycles. The van der Waals surface area contributed by atoms with E-state index in [1.54, 1.807) is 6.92 Å². The lowest BCUT2D eigenvalue weighted by molar-refractivity contribution is -0.130. The van der Waals surface area contributed by atoms with Gasteiger partial charge >= 0.3 is 0 Å². The van der Waals surface area contributed by atoms with Gasteiger partial charge in [0.1, 0.15) is 0 Å². The quantitative estimate of drug-likeness (QED) is 0.498. The molecular weight excluding hydrogens is 152 g/mol. The van der Waals surface area contributed by atoms with Crippen molar-refractivity contribution in [2.75, 3.05) is 13.1 Å². The van der Waals surface area contributed by atoms with Gasteiger partial charge in [-0.05, 0) is 0 Å². The zero-order valence-electron chi connectivity index (χ0n) is 7.63. The molecule has 1 aliphatic rings. The second-order valence-corrected chi connectivity index (χ2v) is 3.61. The van der Waals surface area contributed by atoms with Crippen LogP contribution in [0.25, 0.3) is 4.85 Å². The topological polar surface area (TPSA) is 24.7 Å². The predicted octanol–water partition coefficient (Wildman–Crippen LogP) is 1.31. The molecular formula is C9H14N2O. The number of carbonyl (C=O) groups is 1. The summed E-state index contributed by atoms with van der Waals surface area (Å²) in [5, 5.41) is 0. The summed E-state index contributed by atoms with van der Waals surface area (Å²) >= 11 is 0. The molecule has 1 aliphatic heterocycles. The number of carbonyl (C=O) groups excluding carboxylic acids is 1. The van der Waals surface area contributed by atoms with E-state index in [0.29, 0.717) is 0 Å². The molecule has 3 nitrogen and oxygen atoms in total. The molecule has 0 saturated carbocycles. The second kappa shape index (κ2) is 3.14. The number of amides is 1. The lowest BCUT2D eigenvalue weighted by Crippen LogP contribution is -2.42. The van der Waals surface area contributed by atoms with Crippen molar-refractivity contribution in [2.45, 2.75) is 32.2 Å². The van der Waals surface area contributed by atoms with Crippen LogP contribution in [0, 0.1) is 6.57 Å². The monoisotopic (exact) mass is 166 g/mol. The van der Waals surface area contributed by atoms with Gasteiger partial charge in [0.15, 0.2) is 0 Å². The highest BCUT2D eigenvalue weighted by Crippen LogP contribution is 2.25.